The highest BCUT2D eigenvalue weighted by atomic mass is 16.5. The van der Waals surface area contributed by atoms with Gasteiger partial charge in [0.15, 0.2) is 5.82 Å². The molecule has 0 spiro atoms. The lowest BCUT2D eigenvalue weighted by Gasteiger charge is -2.07. The molecule has 146 valence electrons. The maximum absolute atomic E-state index is 12.2. The molecule has 7 heteroatoms. The lowest BCUT2D eigenvalue weighted by atomic mass is 10.2. The van der Waals surface area contributed by atoms with Crippen molar-refractivity contribution >= 4 is 17.8 Å². The number of amides is 2. The standard InChI is InChI=1S/C20H28N4O3/c1-3-5-6-10-13-21-20(26)22-18-17(19(25)27-4-2)15-24(23-18)14-16-11-8-7-9-12-16/h7-9,11-12,15H,3-6,10,13-14H2,1-2H3,(H2,21,22,23,26). The van der Waals surface area contributed by atoms with Gasteiger partial charge in [-0.1, -0.05) is 56.5 Å². The Kier molecular flexibility index (Phi) is 8.35. The number of benzene rings is 1. The zero-order chi connectivity index (χ0) is 19.5. The number of carbonyl (C=O) groups excluding carboxylic acids is 2. The van der Waals surface area contributed by atoms with Crippen LogP contribution in [0.5, 0.6) is 0 Å². The second kappa shape index (κ2) is 11.0. The highest BCUT2D eigenvalue weighted by Gasteiger charge is 2.19. The van der Waals surface area contributed by atoms with Crippen LogP contribution in [0.3, 0.4) is 0 Å². The summed E-state index contributed by atoms with van der Waals surface area (Å²) in [6.45, 7) is 5.22. The zero-order valence-electron chi connectivity index (χ0n) is 16.0. The molecule has 0 unspecified atom stereocenters. The van der Waals surface area contributed by atoms with Gasteiger partial charge in [0.2, 0.25) is 0 Å². The summed E-state index contributed by atoms with van der Waals surface area (Å²) in [4.78, 5) is 24.3. The van der Waals surface area contributed by atoms with E-state index in [0.29, 0.717) is 13.1 Å². The number of carbonyl (C=O) groups is 2. The van der Waals surface area contributed by atoms with Crippen molar-refractivity contribution < 1.29 is 14.3 Å². The van der Waals surface area contributed by atoms with E-state index < -0.39 is 5.97 Å². The second-order valence-corrected chi connectivity index (χ2v) is 6.24. The van der Waals surface area contributed by atoms with Gasteiger partial charge in [0.05, 0.1) is 13.2 Å². The number of hydrogen-bond acceptors (Lipinski definition) is 4. The first-order valence-electron chi connectivity index (χ1n) is 9.47. The van der Waals surface area contributed by atoms with Crippen LogP contribution in [0.15, 0.2) is 36.5 Å². The normalized spacial score (nSPS) is 10.4. The molecular weight excluding hydrogens is 344 g/mol. The van der Waals surface area contributed by atoms with Crippen LogP contribution in [0.25, 0.3) is 0 Å². The van der Waals surface area contributed by atoms with Crippen molar-refractivity contribution in [3.8, 4) is 0 Å². The predicted molar refractivity (Wildman–Crippen MR) is 105 cm³/mol. The molecule has 1 heterocycles. The fourth-order valence-electron chi connectivity index (χ4n) is 2.63. The number of hydrogen-bond donors (Lipinski definition) is 2. The average molecular weight is 372 g/mol. The van der Waals surface area contributed by atoms with Gasteiger partial charge in [-0.2, -0.15) is 5.10 Å². The molecule has 27 heavy (non-hydrogen) atoms. The van der Waals surface area contributed by atoms with Crippen LogP contribution in [0.4, 0.5) is 10.6 Å². The quantitative estimate of drug-likeness (QED) is 0.490. The maximum Gasteiger partial charge on any atom is 0.343 e. The van der Waals surface area contributed by atoms with Gasteiger partial charge < -0.3 is 10.1 Å². The summed E-state index contributed by atoms with van der Waals surface area (Å²) >= 11 is 0. The first kappa shape index (κ1) is 20.5. The third kappa shape index (κ3) is 6.77. The van der Waals surface area contributed by atoms with E-state index in [1.807, 2.05) is 30.3 Å². The van der Waals surface area contributed by atoms with E-state index in [1.165, 1.54) is 0 Å². The van der Waals surface area contributed by atoms with Gasteiger partial charge in [-0.3, -0.25) is 10.00 Å². The SMILES string of the molecule is CCCCCCNC(=O)Nc1nn(Cc2ccccc2)cc1C(=O)OCC. The van der Waals surface area contributed by atoms with Gasteiger partial charge in [-0.15, -0.1) is 0 Å². The Hall–Kier alpha value is -2.83. The van der Waals surface area contributed by atoms with Crippen LogP contribution in [-0.4, -0.2) is 34.9 Å². The zero-order valence-corrected chi connectivity index (χ0v) is 16.0. The van der Waals surface area contributed by atoms with Crippen LogP contribution >= 0.6 is 0 Å². The minimum absolute atomic E-state index is 0.204. The summed E-state index contributed by atoms with van der Waals surface area (Å²) in [6.07, 6.45) is 5.90. The molecule has 0 atom stereocenters. The van der Waals surface area contributed by atoms with Gasteiger partial charge in [0.25, 0.3) is 0 Å². The van der Waals surface area contributed by atoms with Crippen LogP contribution in [0.1, 0.15) is 55.5 Å². The van der Waals surface area contributed by atoms with Crippen molar-refractivity contribution in [2.45, 2.75) is 46.1 Å². The first-order chi connectivity index (χ1) is 13.1. The molecule has 0 aliphatic rings. The molecule has 0 radical (unpaired) electrons. The van der Waals surface area contributed by atoms with Crippen molar-refractivity contribution in [2.75, 3.05) is 18.5 Å². The monoisotopic (exact) mass is 372 g/mol. The Bertz CT molecular complexity index is 728. The average Bonchev–Trinajstić information content (AvgIpc) is 3.05. The van der Waals surface area contributed by atoms with Crippen LogP contribution in [0, 0.1) is 0 Å². The van der Waals surface area contributed by atoms with E-state index in [1.54, 1.807) is 17.8 Å². The molecular formula is C20H28N4O3. The summed E-state index contributed by atoms with van der Waals surface area (Å²) in [5.74, 6) is -0.300. The number of anilines is 1. The number of nitrogens with zero attached hydrogens (tertiary/aromatic N) is 2. The molecule has 2 amide bonds. The number of esters is 1. The number of urea groups is 1. The van der Waals surface area contributed by atoms with E-state index in [-0.39, 0.29) is 24.0 Å². The second-order valence-electron chi connectivity index (χ2n) is 6.24. The number of aromatic nitrogens is 2. The van der Waals surface area contributed by atoms with Gasteiger partial charge >= 0.3 is 12.0 Å². The summed E-state index contributed by atoms with van der Waals surface area (Å²) < 4.78 is 6.70. The van der Waals surface area contributed by atoms with E-state index in [0.717, 1.165) is 31.2 Å². The fraction of sp³-hybridized carbons (Fsp3) is 0.450. The minimum atomic E-state index is -0.505. The molecule has 0 aliphatic carbocycles. The van der Waals surface area contributed by atoms with Gasteiger partial charge in [-0.05, 0) is 18.9 Å². The van der Waals surface area contributed by atoms with Crippen molar-refractivity contribution in [3.63, 3.8) is 0 Å². The third-order valence-electron chi connectivity index (χ3n) is 3.99. The highest BCUT2D eigenvalue weighted by molar-refractivity contribution is 5.99. The van der Waals surface area contributed by atoms with Crippen molar-refractivity contribution in [3.05, 3.63) is 47.7 Å². The molecule has 2 rings (SSSR count). The summed E-state index contributed by atoms with van der Waals surface area (Å²) in [6, 6.07) is 9.40. The molecule has 2 N–H and O–H groups in total. The van der Waals surface area contributed by atoms with E-state index in [4.69, 9.17) is 4.74 Å². The molecule has 0 bridgehead atoms. The molecule has 0 saturated heterocycles. The van der Waals surface area contributed by atoms with Crippen LogP contribution in [0.2, 0.25) is 0 Å². The molecule has 0 aliphatic heterocycles. The van der Waals surface area contributed by atoms with Gasteiger partial charge in [0, 0.05) is 12.7 Å². The number of unbranched alkanes of at least 4 members (excludes halogenated alkanes) is 3. The Morgan fingerprint density at radius 3 is 2.59 bits per heavy atom. The maximum atomic E-state index is 12.2. The summed E-state index contributed by atoms with van der Waals surface area (Å²) in [7, 11) is 0. The number of rotatable bonds is 10. The molecule has 0 saturated carbocycles. The highest BCUT2D eigenvalue weighted by Crippen LogP contribution is 2.16. The van der Waals surface area contributed by atoms with E-state index in [9.17, 15) is 9.59 Å². The minimum Gasteiger partial charge on any atom is -0.462 e. The van der Waals surface area contributed by atoms with Gasteiger partial charge in [0.1, 0.15) is 5.56 Å². The van der Waals surface area contributed by atoms with Crippen molar-refractivity contribution in [1.29, 1.82) is 0 Å². The smallest absolute Gasteiger partial charge is 0.343 e. The lowest BCUT2D eigenvalue weighted by Crippen LogP contribution is -2.30. The fourth-order valence-corrected chi connectivity index (χ4v) is 2.63. The number of ether oxygens (including phenoxy) is 1. The third-order valence-corrected chi connectivity index (χ3v) is 3.99. The molecule has 1 aromatic carbocycles. The summed E-state index contributed by atoms with van der Waals surface area (Å²) in [5, 5.41) is 9.81. The Morgan fingerprint density at radius 1 is 1.11 bits per heavy atom. The molecule has 2 aromatic rings. The summed E-state index contributed by atoms with van der Waals surface area (Å²) in [5.41, 5.74) is 1.29. The Balaban J connectivity index is 2.03. The van der Waals surface area contributed by atoms with Crippen LogP contribution in [-0.2, 0) is 11.3 Å². The lowest BCUT2D eigenvalue weighted by molar-refractivity contribution is 0.0527. The molecule has 1 aromatic heterocycles. The first-order valence-corrected chi connectivity index (χ1v) is 9.47. The number of nitrogens with one attached hydrogen (secondary N) is 2. The van der Waals surface area contributed by atoms with Crippen LogP contribution < -0.4 is 10.6 Å². The molecule has 7 nitrogen and oxygen atoms in total. The van der Waals surface area contributed by atoms with E-state index in [2.05, 4.69) is 22.7 Å². The molecule has 0 fully saturated rings. The van der Waals surface area contributed by atoms with Crippen molar-refractivity contribution in [2.24, 2.45) is 0 Å². The van der Waals surface area contributed by atoms with Gasteiger partial charge in [-0.25, -0.2) is 9.59 Å². The Labute approximate surface area is 160 Å². The van der Waals surface area contributed by atoms with E-state index >= 15 is 0 Å². The van der Waals surface area contributed by atoms with Crippen molar-refractivity contribution in [1.82, 2.24) is 15.1 Å². The largest absolute Gasteiger partial charge is 0.462 e. The topological polar surface area (TPSA) is 85.3 Å². The Morgan fingerprint density at radius 2 is 1.89 bits per heavy atom. The predicted octanol–water partition coefficient (Wildman–Crippen LogP) is 3.81.